The van der Waals surface area contributed by atoms with Gasteiger partial charge in [0.05, 0.1) is 11.2 Å². The van der Waals surface area contributed by atoms with Crippen LogP contribution in [0.5, 0.6) is 0 Å². The average Bonchev–Trinajstić information content (AvgIpc) is 1.41. The molecule has 0 aliphatic rings. The normalized spacial score (nSPS) is 8.40. The molecule has 5 heavy (non-hydrogen) atoms. The predicted molar refractivity (Wildman–Crippen MR) is 29.9 cm³/mol. The molecule has 0 amide bonds. The molecule has 0 saturated carbocycles. The Balaban J connectivity index is 2.19. The second-order valence-electron chi connectivity index (χ2n) is 0.511. The van der Waals surface area contributed by atoms with Gasteiger partial charge in [-0.3, -0.25) is 0 Å². The third kappa shape index (κ3) is 4.69. The summed E-state index contributed by atoms with van der Waals surface area (Å²) in [6.07, 6.45) is 0. The second kappa shape index (κ2) is 4.69. The van der Waals surface area contributed by atoms with Gasteiger partial charge < -0.3 is 4.74 Å². The van der Waals surface area contributed by atoms with E-state index in [1.807, 2.05) is 6.92 Å². The molecule has 0 spiro atoms. The van der Waals surface area contributed by atoms with Gasteiger partial charge in [0, 0.05) is 0 Å². The molecule has 0 aromatic heterocycles. The summed E-state index contributed by atoms with van der Waals surface area (Å²) in [5.41, 5.74) is 0. The predicted octanol–water partition coefficient (Wildman–Crippen LogP) is 1.58. The van der Waals surface area contributed by atoms with Crippen molar-refractivity contribution in [2.45, 2.75) is 6.92 Å². The van der Waals surface area contributed by atoms with E-state index in [1.54, 1.807) is 6.61 Å². The molecule has 0 aromatic rings. The monoisotopic (exact) mass is 185 g/mol. The summed E-state index contributed by atoms with van der Waals surface area (Å²) in [6.45, 7) is 3.53. The van der Waals surface area contributed by atoms with Crippen molar-refractivity contribution in [1.29, 1.82) is 0 Å². The van der Waals surface area contributed by atoms with Gasteiger partial charge in [-0.15, -0.1) is 0 Å². The summed E-state index contributed by atoms with van der Waals surface area (Å²) in [7, 11) is 0. The third-order valence-corrected chi connectivity index (χ3v) is 0.589. The van der Waals surface area contributed by atoms with Crippen molar-refractivity contribution in [3.05, 3.63) is 6.61 Å². The Hall–Kier alpha value is 0.690. The Morgan fingerprint density at radius 3 is 2.60 bits per heavy atom. The van der Waals surface area contributed by atoms with E-state index in [1.165, 1.54) is 0 Å². The highest BCUT2D eigenvalue weighted by molar-refractivity contribution is 14.1. The van der Waals surface area contributed by atoms with Gasteiger partial charge in [0.25, 0.3) is 0 Å². The molecule has 0 rings (SSSR count). The van der Waals surface area contributed by atoms with Gasteiger partial charge in [0.1, 0.15) is 0 Å². The summed E-state index contributed by atoms with van der Waals surface area (Å²) in [5.74, 6) is 0. The first-order chi connectivity index (χ1) is 2.41. The highest BCUT2D eigenvalue weighted by Gasteiger charge is 1.66. The van der Waals surface area contributed by atoms with Gasteiger partial charge in [-0.1, -0.05) is 22.6 Å². The van der Waals surface area contributed by atoms with Gasteiger partial charge in [-0.25, -0.2) is 0 Å². The molecule has 0 aliphatic heterocycles. The van der Waals surface area contributed by atoms with Crippen LogP contribution < -0.4 is 0 Å². The van der Waals surface area contributed by atoms with Gasteiger partial charge in [-0.05, 0) is 6.92 Å². The van der Waals surface area contributed by atoms with Crippen molar-refractivity contribution in [2.24, 2.45) is 0 Å². The lowest BCUT2D eigenvalue weighted by atomic mass is 10.9. The summed E-state index contributed by atoms with van der Waals surface area (Å²) in [6, 6.07) is 0. The van der Waals surface area contributed by atoms with E-state index in [0.717, 1.165) is 4.61 Å². The summed E-state index contributed by atoms with van der Waals surface area (Å²) >= 11 is 2.13. The molecule has 1 radical (unpaired) electrons. The molecule has 0 fully saturated rings. The highest BCUT2D eigenvalue weighted by atomic mass is 127. The summed E-state index contributed by atoms with van der Waals surface area (Å²) in [4.78, 5) is 0. The molecule has 0 heterocycles. The second-order valence-corrected chi connectivity index (χ2v) is 1.13. The Morgan fingerprint density at radius 2 is 2.60 bits per heavy atom. The minimum atomic E-state index is 0.758. The number of alkyl halides is 1. The van der Waals surface area contributed by atoms with Crippen LogP contribution in [0.2, 0.25) is 0 Å². The van der Waals surface area contributed by atoms with E-state index in [0.29, 0.717) is 0 Å². The van der Waals surface area contributed by atoms with Crippen molar-refractivity contribution in [3.8, 4) is 0 Å². The Bertz CT molecular complexity index is 14.4. The maximum Gasteiger partial charge on any atom is 0.0984 e. The van der Waals surface area contributed by atoms with Crippen molar-refractivity contribution >= 4 is 22.6 Å². The largest absolute Gasteiger partial charge is 0.365 e. The molecule has 0 aromatic carbocycles. The highest BCUT2D eigenvalue weighted by Crippen LogP contribution is 1.83. The van der Waals surface area contributed by atoms with Crippen LogP contribution >= 0.6 is 22.6 Å². The number of ether oxygens (including phenoxy) is 1. The van der Waals surface area contributed by atoms with Crippen molar-refractivity contribution in [1.82, 2.24) is 0 Å². The molecule has 0 unspecified atom stereocenters. The average molecular weight is 185 g/mol. The van der Waals surface area contributed by atoms with Gasteiger partial charge in [0.15, 0.2) is 0 Å². The first kappa shape index (κ1) is 5.69. The minimum Gasteiger partial charge on any atom is -0.365 e. The first-order valence-electron chi connectivity index (χ1n) is 1.37. The van der Waals surface area contributed by atoms with Gasteiger partial charge in [0.2, 0.25) is 0 Å². The SMILES string of the molecule is C[CH]OCI. The Labute approximate surface area is 45.8 Å². The van der Waals surface area contributed by atoms with Crippen LogP contribution in [0.1, 0.15) is 6.92 Å². The fraction of sp³-hybridized carbons (Fsp3) is 0.667. The Kier molecular flexibility index (Phi) is 5.34. The molecule has 1 nitrogen and oxygen atoms in total. The fourth-order valence-electron chi connectivity index (χ4n) is 0.0630. The number of halogens is 1. The van der Waals surface area contributed by atoms with Crippen LogP contribution in [-0.4, -0.2) is 4.61 Å². The van der Waals surface area contributed by atoms with Crippen molar-refractivity contribution in [3.63, 3.8) is 0 Å². The standard InChI is InChI=1S/C3H6IO/c1-2-5-3-4/h2H,3H2,1H3. The maximum absolute atomic E-state index is 4.70. The van der Waals surface area contributed by atoms with E-state index in [-0.39, 0.29) is 0 Å². The number of hydrogen-bond donors (Lipinski definition) is 0. The van der Waals surface area contributed by atoms with Gasteiger partial charge in [-0.2, -0.15) is 0 Å². The zero-order valence-electron chi connectivity index (χ0n) is 3.07. The van der Waals surface area contributed by atoms with Crippen LogP contribution in [0.4, 0.5) is 0 Å². The molecular formula is C3H6IO. The van der Waals surface area contributed by atoms with Crippen LogP contribution in [0.25, 0.3) is 0 Å². The topological polar surface area (TPSA) is 9.23 Å². The number of rotatable bonds is 2. The molecule has 0 N–H and O–H groups in total. The zero-order chi connectivity index (χ0) is 4.12. The van der Waals surface area contributed by atoms with Crippen LogP contribution in [0, 0.1) is 6.61 Å². The van der Waals surface area contributed by atoms with E-state index < -0.39 is 0 Å². The molecule has 31 valence electrons. The summed E-state index contributed by atoms with van der Waals surface area (Å²) < 4.78 is 5.45. The van der Waals surface area contributed by atoms with Gasteiger partial charge >= 0.3 is 0 Å². The zero-order valence-corrected chi connectivity index (χ0v) is 5.23. The minimum absolute atomic E-state index is 0.758. The molecule has 0 saturated heterocycles. The first-order valence-corrected chi connectivity index (χ1v) is 2.89. The fourth-order valence-corrected chi connectivity index (χ4v) is 0.423. The Morgan fingerprint density at radius 1 is 2.00 bits per heavy atom. The molecule has 0 atom stereocenters. The number of hydrogen-bond acceptors (Lipinski definition) is 1. The van der Waals surface area contributed by atoms with E-state index in [2.05, 4.69) is 22.6 Å². The third-order valence-electron chi connectivity index (χ3n) is 0.230. The van der Waals surface area contributed by atoms with Crippen LogP contribution in [-0.2, 0) is 4.74 Å². The van der Waals surface area contributed by atoms with E-state index >= 15 is 0 Å². The van der Waals surface area contributed by atoms with Crippen LogP contribution in [0.3, 0.4) is 0 Å². The van der Waals surface area contributed by atoms with E-state index in [9.17, 15) is 0 Å². The lowest BCUT2D eigenvalue weighted by Crippen LogP contribution is -1.73. The van der Waals surface area contributed by atoms with E-state index in [4.69, 9.17) is 4.74 Å². The summed E-state index contributed by atoms with van der Waals surface area (Å²) in [5, 5.41) is 0. The van der Waals surface area contributed by atoms with Crippen molar-refractivity contribution < 1.29 is 4.74 Å². The molecular weight excluding hydrogens is 179 g/mol. The lowest BCUT2D eigenvalue weighted by Gasteiger charge is -1.83. The molecule has 0 aliphatic carbocycles. The molecule has 2 heteroatoms. The molecule has 0 bridgehead atoms. The smallest absolute Gasteiger partial charge is 0.0984 e. The van der Waals surface area contributed by atoms with Crippen LogP contribution in [0.15, 0.2) is 0 Å². The lowest BCUT2D eigenvalue weighted by molar-refractivity contribution is 0.273. The van der Waals surface area contributed by atoms with Crippen molar-refractivity contribution in [2.75, 3.05) is 4.61 Å². The maximum atomic E-state index is 4.70. The quantitative estimate of drug-likeness (QED) is 0.468.